The van der Waals surface area contributed by atoms with E-state index in [4.69, 9.17) is 21.6 Å². The fraction of sp³-hybridized carbons (Fsp3) is 0.120. The largest absolute Gasteiger partial charge is 0.223 e. The molecule has 6 rings (SSSR count). The average molecular weight is 413 g/mol. The molecule has 0 N–H and O–H groups in total. The minimum Gasteiger partial charge on any atom is -0.221 e. The summed E-state index contributed by atoms with van der Waals surface area (Å²) in [5.74, 6) is 0. The molecule has 0 saturated carbocycles. The molecule has 2 nitrogen and oxygen atoms in total. The molecule has 4 heteroatoms. The number of hydrogen-bond donors (Lipinski definition) is 0. The van der Waals surface area contributed by atoms with Crippen molar-refractivity contribution in [3.63, 3.8) is 0 Å². The molecule has 0 amide bonds. The van der Waals surface area contributed by atoms with Crippen LogP contribution in [0, 0.1) is 0 Å². The van der Waals surface area contributed by atoms with Gasteiger partial charge in [0.05, 0.1) is 11.4 Å². The Hall–Kier alpha value is -2.75. The summed E-state index contributed by atoms with van der Waals surface area (Å²) >= 11 is 8.29. The van der Waals surface area contributed by atoms with Crippen LogP contribution in [0.3, 0.4) is 0 Å². The van der Waals surface area contributed by atoms with E-state index in [1.54, 1.807) is 0 Å². The lowest BCUT2D eigenvalue weighted by atomic mass is 9.85. The maximum Gasteiger partial charge on any atom is 0.223 e. The molecule has 3 aromatic carbocycles. The molecular formula is C25H17ClN2S. The first-order valence-corrected chi connectivity index (χ1v) is 10.8. The molecule has 0 spiro atoms. The molecule has 0 fully saturated rings. The van der Waals surface area contributed by atoms with Crippen molar-refractivity contribution in [2.24, 2.45) is 0 Å². The molecule has 2 aromatic heterocycles. The number of benzene rings is 3. The summed E-state index contributed by atoms with van der Waals surface area (Å²) in [5.41, 5.74) is 6.42. The summed E-state index contributed by atoms with van der Waals surface area (Å²) in [6, 6.07) is 23.6. The van der Waals surface area contributed by atoms with Gasteiger partial charge in [0.1, 0.15) is 0 Å². The van der Waals surface area contributed by atoms with E-state index >= 15 is 0 Å². The summed E-state index contributed by atoms with van der Waals surface area (Å²) in [7, 11) is 0. The van der Waals surface area contributed by atoms with E-state index in [9.17, 15) is 0 Å². The van der Waals surface area contributed by atoms with Gasteiger partial charge in [0.25, 0.3) is 0 Å². The van der Waals surface area contributed by atoms with Crippen LogP contribution in [0.2, 0.25) is 5.28 Å². The van der Waals surface area contributed by atoms with Crippen LogP contribution in [0.4, 0.5) is 0 Å². The van der Waals surface area contributed by atoms with Gasteiger partial charge in [-0.2, -0.15) is 0 Å². The second-order valence-electron chi connectivity index (χ2n) is 8.01. The molecule has 29 heavy (non-hydrogen) atoms. The Balaban J connectivity index is 1.78. The van der Waals surface area contributed by atoms with Gasteiger partial charge in [-0.25, -0.2) is 9.97 Å². The molecule has 0 saturated heterocycles. The zero-order valence-corrected chi connectivity index (χ0v) is 17.6. The quantitative estimate of drug-likeness (QED) is 0.267. The van der Waals surface area contributed by atoms with E-state index in [0.717, 1.165) is 22.5 Å². The molecule has 0 atom stereocenters. The number of rotatable bonds is 1. The Morgan fingerprint density at radius 2 is 1.52 bits per heavy atom. The Bertz CT molecular complexity index is 1450. The van der Waals surface area contributed by atoms with Crippen LogP contribution in [-0.4, -0.2) is 9.97 Å². The molecule has 0 aliphatic heterocycles. The minimum absolute atomic E-state index is 0.210. The zero-order valence-electron chi connectivity index (χ0n) is 16.0. The van der Waals surface area contributed by atoms with E-state index in [0.29, 0.717) is 5.28 Å². The number of halogens is 1. The van der Waals surface area contributed by atoms with Gasteiger partial charge in [0.15, 0.2) is 0 Å². The van der Waals surface area contributed by atoms with Crippen molar-refractivity contribution < 1.29 is 0 Å². The molecule has 0 unspecified atom stereocenters. The smallest absolute Gasteiger partial charge is 0.221 e. The lowest BCUT2D eigenvalue weighted by Crippen LogP contribution is -2.17. The summed E-state index contributed by atoms with van der Waals surface area (Å²) in [5, 5.41) is 2.81. The Morgan fingerprint density at radius 1 is 0.793 bits per heavy atom. The molecule has 140 valence electrons. The van der Waals surface area contributed by atoms with Crippen LogP contribution in [-0.2, 0) is 5.41 Å². The maximum absolute atomic E-state index is 6.47. The van der Waals surface area contributed by atoms with E-state index in [2.05, 4.69) is 80.6 Å². The van der Waals surface area contributed by atoms with Crippen LogP contribution >= 0.6 is 22.9 Å². The summed E-state index contributed by atoms with van der Waals surface area (Å²) < 4.78 is 2.55. The third-order valence-corrected chi connectivity index (χ3v) is 7.31. The Labute approximate surface area is 177 Å². The summed E-state index contributed by atoms with van der Waals surface area (Å²) in [6.07, 6.45) is 0. The van der Waals surface area contributed by atoms with E-state index in [-0.39, 0.29) is 5.41 Å². The molecule has 1 aliphatic rings. The van der Waals surface area contributed by atoms with Crippen molar-refractivity contribution in [1.29, 1.82) is 0 Å². The van der Waals surface area contributed by atoms with Gasteiger partial charge in [-0.05, 0) is 34.9 Å². The number of nitrogens with zero attached hydrogens (tertiary/aromatic N) is 2. The van der Waals surface area contributed by atoms with Gasteiger partial charge in [-0.3, -0.25) is 0 Å². The third-order valence-electron chi connectivity index (χ3n) is 6.00. The zero-order chi connectivity index (χ0) is 19.8. The molecule has 5 aromatic rings. The summed E-state index contributed by atoms with van der Waals surface area (Å²) in [6.45, 7) is 4.43. The normalized spacial score (nSPS) is 14.3. The molecule has 0 bridgehead atoms. The van der Waals surface area contributed by atoms with Crippen LogP contribution in [0.1, 0.15) is 25.1 Å². The van der Waals surface area contributed by atoms with Gasteiger partial charge < -0.3 is 0 Å². The van der Waals surface area contributed by atoms with E-state index < -0.39 is 0 Å². The maximum atomic E-state index is 6.47. The lowest BCUT2D eigenvalue weighted by Gasteiger charge is -2.20. The van der Waals surface area contributed by atoms with Crippen molar-refractivity contribution in [3.8, 4) is 22.4 Å². The minimum atomic E-state index is -0.210. The molecule has 1 aliphatic carbocycles. The van der Waals surface area contributed by atoms with Crippen LogP contribution < -0.4 is 0 Å². The highest BCUT2D eigenvalue weighted by molar-refractivity contribution is 7.25. The Morgan fingerprint density at radius 3 is 2.41 bits per heavy atom. The van der Waals surface area contributed by atoms with Crippen molar-refractivity contribution in [2.45, 2.75) is 19.3 Å². The highest BCUT2D eigenvalue weighted by Crippen LogP contribution is 2.52. The highest BCUT2D eigenvalue weighted by atomic mass is 35.5. The topological polar surface area (TPSA) is 25.8 Å². The first-order valence-electron chi connectivity index (χ1n) is 9.64. The molecule has 0 radical (unpaired) electrons. The van der Waals surface area contributed by atoms with Gasteiger partial charge in [-0.1, -0.05) is 68.4 Å². The number of thiophene rings is 1. The fourth-order valence-corrected chi connectivity index (χ4v) is 5.98. The first kappa shape index (κ1) is 17.1. The van der Waals surface area contributed by atoms with Crippen LogP contribution in [0.15, 0.2) is 66.7 Å². The molecule has 2 heterocycles. The van der Waals surface area contributed by atoms with E-state index in [1.165, 1.54) is 31.3 Å². The van der Waals surface area contributed by atoms with Crippen molar-refractivity contribution in [1.82, 2.24) is 9.97 Å². The Kier molecular flexibility index (Phi) is 3.48. The highest BCUT2D eigenvalue weighted by Gasteiger charge is 2.39. The van der Waals surface area contributed by atoms with Gasteiger partial charge in [0.2, 0.25) is 5.28 Å². The summed E-state index contributed by atoms with van der Waals surface area (Å²) in [4.78, 5) is 9.47. The van der Waals surface area contributed by atoms with Gasteiger partial charge in [0, 0.05) is 36.7 Å². The first-order chi connectivity index (χ1) is 14.1. The fourth-order valence-electron chi connectivity index (χ4n) is 4.68. The van der Waals surface area contributed by atoms with Crippen LogP contribution in [0.5, 0.6) is 0 Å². The van der Waals surface area contributed by atoms with Crippen molar-refractivity contribution in [3.05, 3.63) is 83.3 Å². The van der Waals surface area contributed by atoms with E-state index in [1.807, 2.05) is 11.3 Å². The van der Waals surface area contributed by atoms with Gasteiger partial charge in [-0.15, -0.1) is 11.3 Å². The molecular weight excluding hydrogens is 396 g/mol. The number of hydrogen-bond acceptors (Lipinski definition) is 3. The second kappa shape index (κ2) is 5.88. The standard InChI is InChI=1S/C25H17ClN2S/c1-25(2)17-11-5-3-8-14(17)21-22(27-24(26)28-23(21)25)16-10-7-13-19-20(16)15-9-4-6-12-18(15)29-19/h3-13H,1-2H3. The van der Waals surface area contributed by atoms with Crippen molar-refractivity contribution >= 4 is 43.1 Å². The third kappa shape index (κ3) is 2.29. The predicted octanol–water partition coefficient (Wildman–Crippen LogP) is 7.47. The van der Waals surface area contributed by atoms with Crippen LogP contribution in [0.25, 0.3) is 42.6 Å². The number of aromatic nitrogens is 2. The number of fused-ring (bicyclic) bond motifs is 6. The van der Waals surface area contributed by atoms with Gasteiger partial charge >= 0.3 is 0 Å². The lowest BCUT2D eigenvalue weighted by molar-refractivity contribution is 0.635. The van der Waals surface area contributed by atoms with Crippen molar-refractivity contribution in [2.75, 3.05) is 0 Å². The predicted molar refractivity (Wildman–Crippen MR) is 123 cm³/mol. The second-order valence-corrected chi connectivity index (χ2v) is 9.43. The monoisotopic (exact) mass is 412 g/mol. The average Bonchev–Trinajstić information content (AvgIpc) is 3.21. The SMILES string of the molecule is CC1(C)c2ccccc2-c2c(-c3cccc4sc5ccccc5c34)nc(Cl)nc21.